The molecule has 1 amide bonds. The Bertz CT molecular complexity index is 647. The lowest BCUT2D eigenvalue weighted by atomic mass is 10.1. The van der Waals surface area contributed by atoms with E-state index in [9.17, 15) is 4.79 Å². The minimum absolute atomic E-state index is 0.298. The molecule has 0 unspecified atom stereocenters. The Kier molecular flexibility index (Phi) is 4.05. The maximum Gasteiger partial charge on any atom is 0.249 e. The Labute approximate surface area is 116 Å². The highest BCUT2D eigenvalue weighted by Crippen LogP contribution is 2.22. The number of nitrogens with two attached hydrogens (primary N) is 1. The number of hydrogen-bond acceptors (Lipinski definition) is 5. The van der Waals surface area contributed by atoms with Crippen LogP contribution in [0.2, 0.25) is 0 Å². The van der Waals surface area contributed by atoms with Crippen LogP contribution in [0, 0.1) is 6.92 Å². The van der Waals surface area contributed by atoms with E-state index in [0.29, 0.717) is 23.0 Å². The second kappa shape index (κ2) is 5.92. The van der Waals surface area contributed by atoms with E-state index in [1.165, 1.54) is 6.08 Å². The molecule has 0 saturated heterocycles. The van der Waals surface area contributed by atoms with Gasteiger partial charge in [0.15, 0.2) is 5.82 Å². The number of ether oxygens (including phenoxy) is 1. The minimum Gasteiger partial charge on any atom is -0.495 e. The number of rotatable bonds is 4. The monoisotopic (exact) mass is 273 g/mol. The molecular formula is C14H15N3O3. The first kappa shape index (κ1) is 13.7. The van der Waals surface area contributed by atoms with E-state index in [4.69, 9.17) is 15.0 Å². The van der Waals surface area contributed by atoms with Gasteiger partial charge in [-0.2, -0.15) is 0 Å². The van der Waals surface area contributed by atoms with E-state index < -0.39 is 0 Å². The SMILES string of the molecule is COc1ccc(/C=C\C(=O)Nc2cc(C)on2)cc1N. The molecule has 104 valence electrons. The number of aryl methyl sites for hydroxylation is 1. The highest BCUT2D eigenvalue weighted by atomic mass is 16.5. The van der Waals surface area contributed by atoms with Gasteiger partial charge in [0.1, 0.15) is 11.5 Å². The largest absolute Gasteiger partial charge is 0.495 e. The maximum absolute atomic E-state index is 11.7. The Balaban J connectivity index is 2.01. The third-order valence-electron chi connectivity index (χ3n) is 2.56. The lowest BCUT2D eigenvalue weighted by Gasteiger charge is -2.04. The molecule has 0 radical (unpaired) electrons. The maximum atomic E-state index is 11.7. The average Bonchev–Trinajstić information content (AvgIpc) is 2.82. The van der Waals surface area contributed by atoms with Crippen LogP contribution in [0.3, 0.4) is 0 Å². The fourth-order valence-corrected chi connectivity index (χ4v) is 1.62. The molecule has 20 heavy (non-hydrogen) atoms. The summed E-state index contributed by atoms with van der Waals surface area (Å²) in [6.45, 7) is 1.75. The zero-order chi connectivity index (χ0) is 14.5. The number of carbonyl (C=O) groups excluding carboxylic acids is 1. The van der Waals surface area contributed by atoms with Crippen LogP contribution in [0.4, 0.5) is 11.5 Å². The van der Waals surface area contributed by atoms with Gasteiger partial charge in [0, 0.05) is 12.1 Å². The molecule has 0 bridgehead atoms. The number of nitrogens with zero attached hydrogens (tertiary/aromatic N) is 1. The van der Waals surface area contributed by atoms with Crippen molar-refractivity contribution in [3.05, 3.63) is 41.7 Å². The van der Waals surface area contributed by atoms with E-state index in [1.54, 1.807) is 44.4 Å². The third-order valence-corrected chi connectivity index (χ3v) is 2.56. The molecule has 1 aromatic carbocycles. The van der Waals surface area contributed by atoms with Gasteiger partial charge in [-0.3, -0.25) is 4.79 Å². The van der Waals surface area contributed by atoms with Crippen molar-refractivity contribution in [2.24, 2.45) is 0 Å². The molecule has 6 nitrogen and oxygen atoms in total. The molecule has 2 aromatic rings. The van der Waals surface area contributed by atoms with Crippen molar-refractivity contribution < 1.29 is 14.1 Å². The van der Waals surface area contributed by atoms with Crippen LogP contribution in [-0.4, -0.2) is 18.2 Å². The molecule has 6 heteroatoms. The number of hydrogen-bond donors (Lipinski definition) is 2. The summed E-state index contributed by atoms with van der Waals surface area (Å²) < 4.78 is 9.91. The molecule has 3 N–H and O–H groups in total. The highest BCUT2D eigenvalue weighted by Gasteiger charge is 2.03. The van der Waals surface area contributed by atoms with E-state index >= 15 is 0 Å². The van der Waals surface area contributed by atoms with Gasteiger partial charge < -0.3 is 20.3 Å². The Morgan fingerprint density at radius 2 is 2.25 bits per heavy atom. The molecule has 1 heterocycles. The van der Waals surface area contributed by atoms with Gasteiger partial charge in [-0.1, -0.05) is 11.2 Å². The van der Waals surface area contributed by atoms with E-state index in [2.05, 4.69) is 10.5 Å². The number of methoxy groups -OCH3 is 1. The van der Waals surface area contributed by atoms with Gasteiger partial charge in [0.05, 0.1) is 12.8 Å². The minimum atomic E-state index is -0.298. The standard InChI is InChI=1S/C14H15N3O3/c1-9-7-13(17-20-9)16-14(18)6-4-10-3-5-12(19-2)11(15)8-10/h3-8H,15H2,1-2H3,(H,16,17,18)/b6-4-. The van der Waals surface area contributed by atoms with Gasteiger partial charge in [-0.25, -0.2) is 0 Å². The van der Waals surface area contributed by atoms with Crippen LogP contribution in [0.1, 0.15) is 11.3 Å². The molecule has 0 aliphatic heterocycles. The van der Waals surface area contributed by atoms with Crippen molar-refractivity contribution in [2.75, 3.05) is 18.2 Å². The summed E-state index contributed by atoms with van der Waals surface area (Å²) in [5.74, 6) is 1.32. The van der Waals surface area contributed by atoms with Crippen molar-refractivity contribution >= 4 is 23.5 Å². The molecular weight excluding hydrogens is 258 g/mol. The summed E-state index contributed by atoms with van der Waals surface area (Å²) in [7, 11) is 1.55. The molecule has 0 aliphatic rings. The average molecular weight is 273 g/mol. The summed E-state index contributed by atoms with van der Waals surface area (Å²) in [5.41, 5.74) is 7.10. The summed E-state index contributed by atoms with van der Waals surface area (Å²) in [6, 6.07) is 6.91. The van der Waals surface area contributed by atoms with Gasteiger partial charge in [-0.15, -0.1) is 0 Å². The number of aromatic nitrogens is 1. The Morgan fingerprint density at radius 1 is 1.45 bits per heavy atom. The van der Waals surface area contributed by atoms with Gasteiger partial charge in [0.2, 0.25) is 5.91 Å². The second-order valence-corrected chi connectivity index (χ2v) is 4.15. The smallest absolute Gasteiger partial charge is 0.249 e. The van der Waals surface area contributed by atoms with E-state index in [0.717, 1.165) is 5.56 Å². The van der Waals surface area contributed by atoms with Crippen molar-refractivity contribution in [2.45, 2.75) is 6.92 Å². The topological polar surface area (TPSA) is 90.4 Å². The van der Waals surface area contributed by atoms with Crippen molar-refractivity contribution in [1.29, 1.82) is 0 Å². The predicted molar refractivity (Wildman–Crippen MR) is 76.3 cm³/mol. The predicted octanol–water partition coefficient (Wildman–Crippen LogP) is 2.23. The molecule has 0 saturated carbocycles. The van der Waals surface area contributed by atoms with E-state index in [1.807, 2.05) is 0 Å². The normalized spacial score (nSPS) is 10.7. The summed E-state index contributed by atoms with van der Waals surface area (Å²) in [5, 5.41) is 6.25. The summed E-state index contributed by atoms with van der Waals surface area (Å²) in [6.07, 6.45) is 3.04. The van der Waals surface area contributed by atoms with Crippen molar-refractivity contribution in [3.63, 3.8) is 0 Å². The fraction of sp³-hybridized carbons (Fsp3) is 0.143. The highest BCUT2D eigenvalue weighted by molar-refractivity contribution is 6.01. The first-order chi connectivity index (χ1) is 9.58. The number of benzene rings is 1. The van der Waals surface area contributed by atoms with Crippen molar-refractivity contribution in [3.8, 4) is 5.75 Å². The Hall–Kier alpha value is -2.76. The zero-order valence-electron chi connectivity index (χ0n) is 11.2. The number of amides is 1. The van der Waals surface area contributed by atoms with Crippen LogP contribution in [-0.2, 0) is 4.79 Å². The first-order valence-electron chi connectivity index (χ1n) is 5.94. The van der Waals surface area contributed by atoms with Crippen LogP contribution in [0.25, 0.3) is 6.08 Å². The molecule has 0 fully saturated rings. The number of nitrogens with one attached hydrogen (secondary N) is 1. The van der Waals surface area contributed by atoms with E-state index in [-0.39, 0.29) is 5.91 Å². The van der Waals surface area contributed by atoms with Crippen LogP contribution >= 0.6 is 0 Å². The molecule has 0 spiro atoms. The van der Waals surface area contributed by atoms with Gasteiger partial charge >= 0.3 is 0 Å². The van der Waals surface area contributed by atoms with Crippen LogP contribution in [0.5, 0.6) is 5.75 Å². The fourth-order valence-electron chi connectivity index (χ4n) is 1.62. The summed E-state index contributed by atoms with van der Waals surface area (Å²) in [4.78, 5) is 11.7. The molecule has 0 aliphatic carbocycles. The van der Waals surface area contributed by atoms with Crippen LogP contribution in [0.15, 0.2) is 34.9 Å². The number of nitrogen functional groups attached to an aromatic ring is 1. The lowest BCUT2D eigenvalue weighted by Crippen LogP contribution is -2.07. The van der Waals surface area contributed by atoms with Crippen molar-refractivity contribution in [1.82, 2.24) is 5.16 Å². The molecule has 0 atom stereocenters. The summed E-state index contributed by atoms with van der Waals surface area (Å²) >= 11 is 0. The number of anilines is 2. The Morgan fingerprint density at radius 3 is 2.85 bits per heavy atom. The van der Waals surface area contributed by atoms with Gasteiger partial charge in [0.25, 0.3) is 0 Å². The quantitative estimate of drug-likeness (QED) is 0.658. The number of carbonyl (C=O) groups is 1. The lowest BCUT2D eigenvalue weighted by molar-refractivity contribution is -0.111. The van der Waals surface area contributed by atoms with Gasteiger partial charge in [-0.05, 0) is 30.7 Å². The third kappa shape index (κ3) is 3.38. The molecule has 2 rings (SSSR count). The first-order valence-corrected chi connectivity index (χ1v) is 5.94. The zero-order valence-corrected chi connectivity index (χ0v) is 11.2. The molecule has 1 aromatic heterocycles. The van der Waals surface area contributed by atoms with Crippen LogP contribution < -0.4 is 15.8 Å². The second-order valence-electron chi connectivity index (χ2n) is 4.15.